The molecule has 0 aliphatic carbocycles. The Kier molecular flexibility index (Phi) is 9.38. The zero-order valence-corrected chi connectivity index (χ0v) is 17.4. The van der Waals surface area contributed by atoms with Gasteiger partial charge in [-0.15, -0.1) is 0 Å². The number of carbonyl (C=O) groups is 1. The van der Waals surface area contributed by atoms with Crippen LogP contribution in [0.3, 0.4) is 0 Å². The van der Waals surface area contributed by atoms with Crippen LogP contribution in [0.25, 0.3) is 0 Å². The van der Waals surface area contributed by atoms with E-state index in [9.17, 15) is 18.0 Å². The van der Waals surface area contributed by atoms with Crippen molar-refractivity contribution in [1.82, 2.24) is 20.9 Å². The number of ether oxygens (including phenoxy) is 1. The van der Waals surface area contributed by atoms with Gasteiger partial charge in [-0.2, -0.15) is 13.2 Å². The molecule has 10 heteroatoms. The second-order valence-electron chi connectivity index (χ2n) is 7.22. The summed E-state index contributed by atoms with van der Waals surface area (Å²) in [6, 6.07) is 7.50. The van der Waals surface area contributed by atoms with Gasteiger partial charge >= 0.3 is 6.18 Å². The number of rotatable bonds is 8. The molecule has 2 rings (SSSR count). The summed E-state index contributed by atoms with van der Waals surface area (Å²) in [4.78, 5) is 17.8. The standard InChI is InChI=1S/C20H30F3N5O2/c1-24-18(29)12-28-8-6-17(7-9-28)27-19(25-2)26-11-15-4-3-5-16(10-15)13-30-14-20(21,22)23/h3-5,10,17H,6-9,11-14H2,1-2H3,(H,24,29)(H2,25,26,27). The minimum absolute atomic E-state index is 0.0184. The van der Waals surface area contributed by atoms with Crippen LogP contribution < -0.4 is 16.0 Å². The monoisotopic (exact) mass is 429 g/mol. The highest BCUT2D eigenvalue weighted by atomic mass is 19.4. The van der Waals surface area contributed by atoms with Gasteiger partial charge in [0.05, 0.1) is 13.2 Å². The number of nitrogens with zero attached hydrogens (tertiary/aromatic N) is 2. The number of likely N-dealkylation sites (tertiary alicyclic amines) is 1. The van der Waals surface area contributed by atoms with Crippen LogP contribution in [0.1, 0.15) is 24.0 Å². The quantitative estimate of drug-likeness (QED) is 0.433. The maximum Gasteiger partial charge on any atom is 0.411 e. The third kappa shape index (κ3) is 9.00. The largest absolute Gasteiger partial charge is 0.411 e. The number of carbonyl (C=O) groups excluding carboxylic acids is 1. The lowest BCUT2D eigenvalue weighted by Crippen LogP contribution is -2.49. The number of guanidine groups is 1. The van der Waals surface area contributed by atoms with Gasteiger partial charge in [-0.3, -0.25) is 14.7 Å². The first-order valence-corrected chi connectivity index (χ1v) is 9.91. The highest BCUT2D eigenvalue weighted by molar-refractivity contribution is 5.80. The van der Waals surface area contributed by atoms with Crippen molar-refractivity contribution in [2.75, 3.05) is 40.3 Å². The molecule has 1 saturated heterocycles. The molecular weight excluding hydrogens is 399 g/mol. The molecule has 1 heterocycles. The van der Waals surface area contributed by atoms with E-state index in [1.54, 1.807) is 26.2 Å². The van der Waals surface area contributed by atoms with Gasteiger partial charge in [0.25, 0.3) is 0 Å². The summed E-state index contributed by atoms with van der Waals surface area (Å²) < 4.78 is 41.3. The summed E-state index contributed by atoms with van der Waals surface area (Å²) in [5.74, 6) is 0.684. The molecule has 0 bridgehead atoms. The lowest BCUT2D eigenvalue weighted by Gasteiger charge is -2.32. The second kappa shape index (κ2) is 11.8. The molecule has 168 valence electrons. The Labute approximate surface area is 175 Å². The van der Waals surface area contributed by atoms with Crippen molar-refractivity contribution in [3.05, 3.63) is 35.4 Å². The zero-order chi connectivity index (χ0) is 22.0. The van der Waals surface area contributed by atoms with Crippen molar-refractivity contribution in [2.45, 2.75) is 38.2 Å². The first kappa shape index (κ1) is 23.9. The van der Waals surface area contributed by atoms with Crippen LogP contribution in [0.5, 0.6) is 0 Å². The number of halogens is 3. The van der Waals surface area contributed by atoms with E-state index in [0.29, 0.717) is 24.6 Å². The smallest absolute Gasteiger partial charge is 0.367 e. The minimum atomic E-state index is -4.32. The Morgan fingerprint density at radius 1 is 1.27 bits per heavy atom. The Morgan fingerprint density at radius 3 is 2.60 bits per heavy atom. The number of likely N-dealkylation sites (N-methyl/N-ethyl adjacent to an activating group) is 1. The highest BCUT2D eigenvalue weighted by Gasteiger charge is 2.27. The first-order chi connectivity index (χ1) is 14.3. The SMILES string of the molecule is CN=C(NCc1cccc(COCC(F)(F)F)c1)NC1CCN(CC(=O)NC)CC1. The van der Waals surface area contributed by atoms with Crippen molar-refractivity contribution in [3.63, 3.8) is 0 Å². The summed E-state index contributed by atoms with van der Waals surface area (Å²) in [6.45, 7) is 1.23. The summed E-state index contributed by atoms with van der Waals surface area (Å²) in [5.41, 5.74) is 1.61. The van der Waals surface area contributed by atoms with E-state index in [1.807, 2.05) is 12.1 Å². The average molecular weight is 429 g/mol. The van der Waals surface area contributed by atoms with Crippen molar-refractivity contribution >= 4 is 11.9 Å². The van der Waals surface area contributed by atoms with Crippen LogP contribution >= 0.6 is 0 Å². The van der Waals surface area contributed by atoms with E-state index in [0.717, 1.165) is 31.5 Å². The van der Waals surface area contributed by atoms with E-state index >= 15 is 0 Å². The molecule has 0 radical (unpaired) electrons. The van der Waals surface area contributed by atoms with E-state index < -0.39 is 12.8 Å². The molecule has 0 atom stereocenters. The lowest BCUT2D eigenvalue weighted by molar-refractivity contribution is -0.176. The van der Waals surface area contributed by atoms with E-state index in [1.165, 1.54) is 0 Å². The number of nitrogens with one attached hydrogen (secondary N) is 3. The Morgan fingerprint density at radius 2 is 1.97 bits per heavy atom. The fourth-order valence-corrected chi connectivity index (χ4v) is 3.21. The molecule has 1 aromatic rings. The predicted molar refractivity (Wildman–Crippen MR) is 109 cm³/mol. The number of hydrogen-bond acceptors (Lipinski definition) is 4. The molecule has 30 heavy (non-hydrogen) atoms. The zero-order valence-electron chi connectivity index (χ0n) is 17.4. The summed E-state index contributed by atoms with van der Waals surface area (Å²) in [7, 11) is 3.33. The Bertz CT molecular complexity index is 704. The van der Waals surface area contributed by atoms with Gasteiger partial charge in [-0.1, -0.05) is 24.3 Å². The molecule has 3 N–H and O–H groups in total. The molecular formula is C20H30F3N5O2. The minimum Gasteiger partial charge on any atom is -0.367 e. The van der Waals surface area contributed by atoms with Crippen LogP contribution in [-0.2, 0) is 22.7 Å². The molecule has 0 spiro atoms. The third-order valence-corrected chi connectivity index (χ3v) is 4.78. The lowest BCUT2D eigenvalue weighted by atomic mass is 10.1. The molecule has 0 saturated carbocycles. The van der Waals surface area contributed by atoms with Crippen LogP contribution in [0, 0.1) is 0 Å². The molecule has 1 amide bonds. The predicted octanol–water partition coefficient (Wildman–Crippen LogP) is 1.64. The molecule has 1 aliphatic heterocycles. The molecule has 1 aromatic carbocycles. The molecule has 1 aliphatic rings. The van der Waals surface area contributed by atoms with Crippen molar-refractivity contribution < 1.29 is 22.7 Å². The van der Waals surface area contributed by atoms with Crippen molar-refractivity contribution in [1.29, 1.82) is 0 Å². The van der Waals surface area contributed by atoms with E-state index in [2.05, 4.69) is 25.8 Å². The number of amides is 1. The topological polar surface area (TPSA) is 78.0 Å². The molecule has 1 fully saturated rings. The number of aliphatic imine (C=N–C) groups is 1. The summed E-state index contributed by atoms with van der Waals surface area (Å²) in [6.07, 6.45) is -2.51. The van der Waals surface area contributed by atoms with Crippen LogP contribution in [0.15, 0.2) is 29.3 Å². The maximum absolute atomic E-state index is 12.2. The van der Waals surface area contributed by atoms with Gasteiger partial charge in [0.2, 0.25) is 5.91 Å². The van der Waals surface area contributed by atoms with Crippen LogP contribution in [-0.4, -0.2) is 69.3 Å². The Balaban J connectivity index is 1.75. The molecule has 7 nitrogen and oxygen atoms in total. The van der Waals surface area contributed by atoms with Gasteiger partial charge in [0.15, 0.2) is 5.96 Å². The van der Waals surface area contributed by atoms with Crippen molar-refractivity contribution in [2.24, 2.45) is 4.99 Å². The van der Waals surface area contributed by atoms with Crippen LogP contribution in [0.4, 0.5) is 13.2 Å². The number of benzene rings is 1. The van der Waals surface area contributed by atoms with E-state index in [4.69, 9.17) is 4.74 Å². The number of hydrogen-bond donors (Lipinski definition) is 3. The van der Waals surface area contributed by atoms with E-state index in [-0.39, 0.29) is 18.6 Å². The van der Waals surface area contributed by atoms with Crippen LogP contribution in [0.2, 0.25) is 0 Å². The second-order valence-corrected chi connectivity index (χ2v) is 7.22. The first-order valence-electron chi connectivity index (χ1n) is 9.91. The number of piperidine rings is 1. The summed E-state index contributed by atoms with van der Waals surface area (Å²) in [5, 5.41) is 9.26. The fraction of sp³-hybridized carbons (Fsp3) is 0.600. The van der Waals surface area contributed by atoms with Gasteiger partial charge in [0.1, 0.15) is 6.61 Å². The number of alkyl halides is 3. The van der Waals surface area contributed by atoms with Gasteiger partial charge in [-0.05, 0) is 24.0 Å². The fourth-order valence-electron chi connectivity index (χ4n) is 3.21. The summed E-state index contributed by atoms with van der Waals surface area (Å²) >= 11 is 0. The van der Waals surface area contributed by atoms with Crippen molar-refractivity contribution in [3.8, 4) is 0 Å². The average Bonchev–Trinajstić information content (AvgIpc) is 2.71. The van der Waals surface area contributed by atoms with Gasteiger partial charge < -0.3 is 20.7 Å². The van der Waals surface area contributed by atoms with Gasteiger partial charge in [0, 0.05) is 39.8 Å². The maximum atomic E-state index is 12.2. The highest BCUT2D eigenvalue weighted by Crippen LogP contribution is 2.16. The normalized spacial score (nSPS) is 16.4. The molecule has 0 unspecified atom stereocenters. The molecule has 0 aromatic heterocycles. The third-order valence-electron chi connectivity index (χ3n) is 4.78. The van der Waals surface area contributed by atoms with Gasteiger partial charge in [-0.25, -0.2) is 0 Å². The Hall–Kier alpha value is -2.33.